The highest BCUT2D eigenvalue weighted by Gasteiger charge is 2.74. The maximum atomic E-state index is 6.38. The van der Waals surface area contributed by atoms with Gasteiger partial charge in [-0.25, -0.2) is 0 Å². The first-order valence-electron chi connectivity index (χ1n) is 9.29. The minimum Gasteiger partial charge on any atom is -0.373 e. The first-order valence-corrected chi connectivity index (χ1v) is 11.9. The van der Waals surface area contributed by atoms with E-state index >= 15 is 0 Å². The van der Waals surface area contributed by atoms with Gasteiger partial charge in [-0.2, -0.15) is 25.3 Å². The predicted octanol–water partition coefficient (Wildman–Crippen LogP) is 4.95. The quantitative estimate of drug-likeness (QED) is 0.320. The third kappa shape index (κ3) is 3.28. The molecule has 2 bridgehead atoms. The third-order valence-corrected chi connectivity index (χ3v) is 11.5. The smallest absolute Gasteiger partial charge is 0.373 e. The molecule has 0 aliphatic heterocycles. The molecule has 3 nitrogen and oxygen atoms in total. The summed E-state index contributed by atoms with van der Waals surface area (Å²) in [5.41, 5.74) is 0. The molecule has 136 valence electrons. The normalized spacial score (nSPS) is 31.0. The molecule has 0 N–H and O–H groups in total. The Morgan fingerprint density at radius 2 is 1.57 bits per heavy atom. The van der Waals surface area contributed by atoms with E-state index in [0.29, 0.717) is 25.7 Å². The molecular formula is C17H34O3S2Si. The van der Waals surface area contributed by atoms with Gasteiger partial charge in [-0.1, -0.05) is 19.8 Å². The van der Waals surface area contributed by atoms with E-state index in [-0.39, 0.29) is 5.04 Å². The lowest BCUT2D eigenvalue weighted by molar-refractivity contribution is 0.0259. The number of fused-ring (bicyclic) bond motifs is 2. The molecule has 0 aromatic rings. The average molecular weight is 379 g/mol. The molecule has 0 amide bonds. The van der Waals surface area contributed by atoms with Crippen LogP contribution >= 0.6 is 25.3 Å². The van der Waals surface area contributed by atoms with Crippen LogP contribution in [0.25, 0.3) is 0 Å². The van der Waals surface area contributed by atoms with Crippen molar-refractivity contribution < 1.29 is 13.3 Å². The summed E-state index contributed by atoms with van der Waals surface area (Å²) < 4.78 is 18.7. The van der Waals surface area contributed by atoms with Gasteiger partial charge in [0, 0.05) is 19.8 Å². The van der Waals surface area contributed by atoms with Gasteiger partial charge in [0.25, 0.3) is 0 Å². The van der Waals surface area contributed by atoms with Gasteiger partial charge in [0.15, 0.2) is 0 Å². The summed E-state index contributed by atoms with van der Waals surface area (Å²) in [6, 6.07) is 0. The zero-order chi connectivity index (χ0) is 17.1. The van der Waals surface area contributed by atoms with Gasteiger partial charge < -0.3 is 13.3 Å². The maximum absolute atomic E-state index is 6.38. The van der Waals surface area contributed by atoms with Crippen molar-refractivity contribution in [3.63, 3.8) is 0 Å². The van der Waals surface area contributed by atoms with Crippen LogP contribution in [0, 0.1) is 11.8 Å². The van der Waals surface area contributed by atoms with Crippen LogP contribution in [-0.2, 0) is 13.3 Å². The molecule has 2 aliphatic carbocycles. The second-order valence-electron chi connectivity index (χ2n) is 6.97. The fourth-order valence-electron chi connectivity index (χ4n) is 5.09. The zero-order valence-corrected chi connectivity index (χ0v) is 17.9. The van der Waals surface area contributed by atoms with Crippen LogP contribution in [0.2, 0.25) is 5.04 Å². The van der Waals surface area contributed by atoms with Gasteiger partial charge in [-0.05, 0) is 58.3 Å². The van der Waals surface area contributed by atoms with Crippen molar-refractivity contribution in [2.45, 2.75) is 75.3 Å². The molecule has 23 heavy (non-hydrogen) atoms. The van der Waals surface area contributed by atoms with E-state index in [0.717, 1.165) is 25.2 Å². The van der Waals surface area contributed by atoms with Crippen LogP contribution in [-0.4, -0.2) is 32.7 Å². The summed E-state index contributed by atoms with van der Waals surface area (Å²) in [5.74, 6) is 1.31. The van der Waals surface area contributed by atoms with E-state index in [9.17, 15) is 0 Å². The Balaban J connectivity index is 2.53. The zero-order valence-electron chi connectivity index (χ0n) is 15.1. The Morgan fingerprint density at radius 1 is 1.00 bits per heavy atom. The number of thiol groups is 2. The summed E-state index contributed by atoms with van der Waals surface area (Å²) in [6.45, 7) is 10.2. The molecule has 3 unspecified atom stereocenters. The highest BCUT2D eigenvalue weighted by molar-refractivity contribution is 8.00. The number of rotatable bonds is 10. The van der Waals surface area contributed by atoms with Crippen molar-refractivity contribution in [2.75, 3.05) is 19.8 Å². The summed E-state index contributed by atoms with van der Waals surface area (Å²) in [4.78, 5) is 0. The Hall–Kier alpha value is 0.797. The van der Waals surface area contributed by atoms with Crippen LogP contribution in [0.15, 0.2) is 0 Å². The number of hydrogen-bond donors (Lipinski definition) is 2. The molecule has 0 saturated heterocycles. The Bertz CT molecular complexity index is 377. The average Bonchev–Trinajstić information content (AvgIpc) is 3.09. The van der Waals surface area contributed by atoms with Gasteiger partial charge in [0.05, 0.1) is 9.12 Å². The lowest BCUT2D eigenvalue weighted by Gasteiger charge is -2.54. The van der Waals surface area contributed by atoms with Gasteiger partial charge >= 0.3 is 8.80 Å². The molecular weight excluding hydrogens is 344 g/mol. The van der Waals surface area contributed by atoms with Crippen LogP contribution in [0.3, 0.4) is 0 Å². The van der Waals surface area contributed by atoms with Crippen molar-refractivity contribution in [3.05, 3.63) is 0 Å². The summed E-state index contributed by atoms with van der Waals surface area (Å²) >= 11 is 10.2. The van der Waals surface area contributed by atoms with E-state index in [2.05, 4.69) is 6.92 Å². The minimum atomic E-state index is -2.89. The van der Waals surface area contributed by atoms with E-state index in [1.54, 1.807) is 0 Å². The number of hydrogen-bond acceptors (Lipinski definition) is 5. The van der Waals surface area contributed by atoms with Crippen molar-refractivity contribution >= 4 is 34.1 Å². The van der Waals surface area contributed by atoms with Gasteiger partial charge in [-0.3, -0.25) is 0 Å². The fourth-order valence-corrected chi connectivity index (χ4v) is 11.0. The molecule has 0 aromatic heterocycles. The van der Waals surface area contributed by atoms with Gasteiger partial charge in [0.2, 0.25) is 0 Å². The Labute approximate surface area is 154 Å². The maximum Gasteiger partial charge on any atom is 0.510 e. The highest BCUT2D eigenvalue weighted by Crippen LogP contribution is 2.73. The minimum absolute atomic E-state index is 0.173. The predicted molar refractivity (Wildman–Crippen MR) is 104 cm³/mol. The molecule has 0 heterocycles. The van der Waals surface area contributed by atoms with Crippen LogP contribution < -0.4 is 0 Å². The molecule has 2 fully saturated rings. The van der Waals surface area contributed by atoms with E-state index in [1.165, 1.54) is 19.3 Å². The van der Waals surface area contributed by atoms with E-state index in [1.807, 2.05) is 20.8 Å². The largest absolute Gasteiger partial charge is 0.510 e. The van der Waals surface area contributed by atoms with E-state index in [4.69, 9.17) is 38.5 Å². The molecule has 2 saturated carbocycles. The van der Waals surface area contributed by atoms with Crippen molar-refractivity contribution in [1.29, 1.82) is 0 Å². The topological polar surface area (TPSA) is 27.7 Å². The van der Waals surface area contributed by atoms with Crippen molar-refractivity contribution in [2.24, 2.45) is 11.8 Å². The lowest BCUT2D eigenvalue weighted by Crippen LogP contribution is -2.64. The second-order valence-corrected chi connectivity index (χ2v) is 11.7. The van der Waals surface area contributed by atoms with Crippen LogP contribution in [0.5, 0.6) is 0 Å². The summed E-state index contributed by atoms with van der Waals surface area (Å²) in [6.07, 6.45) is 6.92. The van der Waals surface area contributed by atoms with Crippen LogP contribution in [0.4, 0.5) is 0 Å². The molecule has 0 radical (unpaired) electrons. The molecule has 6 heteroatoms. The first kappa shape index (κ1) is 20.1. The first-order chi connectivity index (χ1) is 10.9. The van der Waals surface area contributed by atoms with Gasteiger partial charge in [0.1, 0.15) is 0 Å². The van der Waals surface area contributed by atoms with Crippen LogP contribution in [0.1, 0.15) is 66.2 Å². The molecule has 2 rings (SSSR count). The highest BCUT2D eigenvalue weighted by atomic mass is 32.2. The van der Waals surface area contributed by atoms with E-state index < -0.39 is 12.9 Å². The standard InChI is InChI=1S/C17H34O3S2Si/c1-5-11-17(21,22)16(13-14-9-10-15(16)12-14)23(18-6-2,19-7-3)20-8-4/h14-15,21-22H,5-13H2,1-4H3. The molecule has 0 aromatic carbocycles. The Morgan fingerprint density at radius 3 is 1.91 bits per heavy atom. The Kier molecular flexibility index (Phi) is 7.00. The molecule has 2 aliphatic rings. The van der Waals surface area contributed by atoms with Gasteiger partial charge in [-0.15, -0.1) is 0 Å². The van der Waals surface area contributed by atoms with Crippen molar-refractivity contribution in [3.8, 4) is 0 Å². The van der Waals surface area contributed by atoms with Crippen molar-refractivity contribution in [1.82, 2.24) is 0 Å². The summed E-state index contributed by atoms with van der Waals surface area (Å²) in [5, 5.41) is -0.173. The molecule has 3 atom stereocenters. The SMILES string of the molecule is CCCC(S)(S)C1([Si](OCC)(OCC)OCC)CC2CCC1C2. The monoisotopic (exact) mass is 378 g/mol. The second kappa shape index (κ2) is 8.00. The third-order valence-electron chi connectivity index (χ3n) is 5.71. The lowest BCUT2D eigenvalue weighted by atomic mass is 9.83. The fraction of sp³-hybridized carbons (Fsp3) is 1.00. The summed E-state index contributed by atoms with van der Waals surface area (Å²) in [7, 11) is -2.89. The molecule has 0 spiro atoms.